The molecular weight excluding hydrogens is 395 g/mol. The lowest BCUT2D eigenvalue weighted by Crippen LogP contribution is -2.19. The average Bonchev–Trinajstić information content (AvgIpc) is 2.71. The number of H-pyrrole nitrogens is 1. The second-order valence-corrected chi connectivity index (χ2v) is 6.78. The summed E-state index contributed by atoms with van der Waals surface area (Å²) >= 11 is 1.15. The van der Waals surface area contributed by atoms with Crippen molar-refractivity contribution in [3.8, 4) is 22.8 Å². The number of nitrogens with zero attached hydrogens (tertiary/aromatic N) is 1. The Morgan fingerprint density at radius 1 is 1.21 bits per heavy atom. The lowest BCUT2D eigenvalue weighted by atomic mass is 10.1. The maximum Gasteiger partial charge on any atom is 0.274 e. The fourth-order valence-corrected chi connectivity index (χ4v) is 3.01. The van der Waals surface area contributed by atoms with Crippen molar-refractivity contribution < 1.29 is 9.13 Å². The zero-order valence-corrected chi connectivity index (χ0v) is 16.6. The van der Waals surface area contributed by atoms with Crippen molar-refractivity contribution in [3.63, 3.8) is 0 Å². The number of aromatic amines is 1. The highest BCUT2D eigenvalue weighted by Gasteiger charge is 2.15. The van der Waals surface area contributed by atoms with Gasteiger partial charge in [0.05, 0.1) is 0 Å². The van der Waals surface area contributed by atoms with Crippen molar-refractivity contribution in [2.75, 3.05) is 17.1 Å². The molecule has 0 saturated carbocycles. The zero-order valence-electron chi connectivity index (χ0n) is 15.8. The van der Waals surface area contributed by atoms with Crippen LogP contribution in [0.4, 0.5) is 15.8 Å². The first-order valence-electron chi connectivity index (χ1n) is 8.55. The van der Waals surface area contributed by atoms with Crippen LogP contribution in [0.3, 0.4) is 0 Å². The van der Waals surface area contributed by atoms with E-state index in [1.807, 2.05) is 0 Å². The van der Waals surface area contributed by atoms with Crippen LogP contribution in [0.15, 0.2) is 64.2 Å². The molecule has 0 fully saturated rings. The van der Waals surface area contributed by atoms with Crippen LogP contribution in [0.1, 0.15) is 0 Å². The smallest absolute Gasteiger partial charge is 0.274 e. The van der Waals surface area contributed by atoms with Gasteiger partial charge in [0, 0.05) is 31.4 Å². The van der Waals surface area contributed by atoms with Gasteiger partial charge in [-0.3, -0.25) is 14.6 Å². The lowest BCUT2D eigenvalue weighted by Gasteiger charge is -2.14. The fourth-order valence-electron chi connectivity index (χ4n) is 2.65. The number of halogens is 1. The zero-order chi connectivity index (χ0) is 21.0. The molecule has 0 amide bonds. The van der Waals surface area contributed by atoms with Crippen LogP contribution in [0.5, 0.6) is 11.6 Å². The molecule has 9 heteroatoms. The van der Waals surface area contributed by atoms with Gasteiger partial charge in [-0.15, -0.1) is 0 Å². The summed E-state index contributed by atoms with van der Waals surface area (Å²) < 4.78 is 23.3. The number of aryl methyl sites for hydroxylation is 1. The van der Waals surface area contributed by atoms with E-state index in [9.17, 15) is 14.0 Å². The highest BCUT2D eigenvalue weighted by atomic mass is 32.2. The Balaban J connectivity index is 2.17. The molecule has 3 aromatic rings. The number of anilines is 2. The van der Waals surface area contributed by atoms with Gasteiger partial charge in [0.2, 0.25) is 5.88 Å². The molecule has 0 spiro atoms. The number of benzene rings is 1. The van der Waals surface area contributed by atoms with Crippen molar-refractivity contribution in [1.29, 1.82) is 0 Å². The van der Waals surface area contributed by atoms with Gasteiger partial charge in [-0.05, 0) is 53.8 Å². The van der Waals surface area contributed by atoms with E-state index in [0.717, 1.165) is 11.9 Å². The summed E-state index contributed by atoms with van der Waals surface area (Å²) in [6, 6.07) is 8.71. The first kappa shape index (κ1) is 20.3. The number of nitrogens with one attached hydrogen (secondary N) is 3. The summed E-state index contributed by atoms with van der Waals surface area (Å²) in [4.78, 5) is 27.3. The largest absolute Gasteiger partial charge is 0.440 e. The van der Waals surface area contributed by atoms with Crippen LogP contribution in [-0.2, 0) is 7.05 Å². The molecule has 29 heavy (non-hydrogen) atoms. The van der Waals surface area contributed by atoms with Crippen molar-refractivity contribution in [2.45, 2.75) is 0 Å². The molecule has 2 aromatic heterocycles. The molecule has 7 nitrogen and oxygen atoms in total. The van der Waals surface area contributed by atoms with E-state index < -0.39 is 11.4 Å². The third-order valence-electron chi connectivity index (χ3n) is 4.05. The van der Waals surface area contributed by atoms with Gasteiger partial charge < -0.3 is 19.3 Å². The minimum Gasteiger partial charge on any atom is -0.440 e. The molecule has 3 rings (SSSR count). The Hall–Kier alpha value is -3.46. The number of hydrogen-bond acceptors (Lipinski definition) is 6. The third-order valence-corrected chi connectivity index (χ3v) is 4.56. The van der Waals surface area contributed by atoms with Crippen LogP contribution in [0.2, 0.25) is 0 Å². The molecular formula is C20H19FN4O3S. The minimum absolute atomic E-state index is 0.163. The number of aromatic nitrogens is 2. The van der Waals surface area contributed by atoms with Gasteiger partial charge in [-0.2, -0.15) is 0 Å². The van der Waals surface area contributed by atoms with E-state index in [4.69, 9.17) is 4.74 Å². The van der Waals surface area contributed by atoms with Gasteiger partial charge in [0.25, 0.3) is 11.1 Å². The molecule has 3 N–H and O–H groups in total. The summed E-state index contributed by atoms with van der Waals surface area (Å²) in [5.74, 6) is 0.114. The first-order valence-corrected chi connectivity index (χ1v) is 9.43. The van der Waals surface area contributed by atoms with Gasteiger partial charge in [0.1, 0.15) is 22.9 Å². The van der Waals surface area contributed by atoms with E-state index in [1.54, 1.807) is 37.8 Å². The van der Waals surface area contributed by atoms with Crippen molar-refractivity contribution >= 4 is 23.3 Å². The molecule has 0 radical (unpaired) electrons. The average molecular weight is 414 g/mol. The maximum atomic E-state index is 13.2. The predicted octanol–water partition coefficient (Wildman–Crippen LogP) is 3.92. The molecule has 2 heterocycles. The Bertz CT molecular complexity index is 1160. The highest BCUT2D eigenvalue weighted by Crippen LogP contribution is 2.33. The second kappa shape index (κ2) is 8.70. The Kier molecular flexibility index (Phi) is 6.08. The molecule has 150 valence electrons. The van der Waals surface area contributed by atoms with Crippen molar-refractivity contribution in [2.24, 2.45) is 7.05 Å². The Labute approximate surface area is 170 Å². The van der Waals surface area contributed by atoms with Crippen LogP contribution in [0, 0.1) is 5.82 Å². The number of rotatable bonds is 7. The molecule has 0 aliphatic rings. The molecule has 0 aliphatic carbocycles. The van der Waals surface area contributed by atoms with E-state index in [2.05, 4.69) is 21.6 Å². The number of pyridine rings is 2. The standard InChI is InChI=1S/C20H19FN4O3S/c1-4-29-24-16-10-15(12-9-17(22-2)20(27)25(3)11-12)19(23-18(16)26)28-14-7-5-13(21)6-8-14/h4-11,22,24H,1H2,2-3H3,(H,23,26). The lowest BCUT2D eigenvalue weighted by molar-refractivity contribution is 0.462. The molecule has 0 aliphatic heterocycles. The van der Waals surface area contributed by atoms with Crippen LogP contribution in [-0.4, -0.2) is 16.6 Å². The SMILES string of the molecule is C=CSNc1cc(-c2cc(NC)c(=O)n(C)c2)c(Oc2ccc(F)cc2)[nH]c1=O. The summed E-state index contributed by atoms with van der Waals surface area (Å²) in [5, 5.41) is 4.41. The van der Waals surface area contributed by atoms with E-state index in [-0.39, 0.29) is 17.1 Å². The molecule has 0 saturated heterocycles. The molecule has 0 bridgehead atoms. The van der Waals surface area contributed by atoms with Gasteiger partial charge in [-0.1, -0.05) is 6.58 Å². The number of hydrogen-bond donors (Lipinski definition) is 3. The summed E-state index contributed by atoms with van der Waals surface area (Å²) in [6.45, 7) is 3.60. The normalized spacial score (nSPS) is 10.4. The van der Waals surface area contributed by atoms with Gasteiger partial charge in [0.15, 0.2) is 0 Å². The van der Waals surface area contributed by atoms with E-state index >= 15 is 0 Å². The van der Waals surface area contributed by atoms with Crippen LogP contribution >= 0.6 is 11.9 Å². The van der Waals surface area contributed by atoms with Crippen LogP contribution in [0.25, 0.3) is 11.1 Å². The fraction of sp³-hybridized carbons (Fsp3) is 0.100. The van der Waals surface area contributed by atoms with E-state index in [1.165, 1.54) is 28.8 Å². The minimum atomic E-state index is -0.404. The summed E-state index contributed by atoms with van der Waals surface area (Å²) in [7, 11) is 3.28. The third kappa shape index (κ3) is 4.52. The molecule has 1 aromatic carbocycles. The quantitative estimate of drug-likeness (QED) is 0.508. The van der Waals surface area contributed by atoms with Gasteiger partial charge in [-0.25, -0.2) is 4.39 Å². The number of ether oxygens (including phenoxy) is 1. The second-order valence-electron chi connectivity index (χ2n) is 6.01. The van der Waals surface area contributed by atoms with Gasteiger partial charge >= 0.3 is 0 Å². The summed E-state index contributed by atoms with van der Waals surface area (Å²) in [6.07, 6.45) is 1.64. The maximum absolute atomic E-state index is 13.2. The monoisotopic (exact) mass is 414 g/mol. The first-order chi connectivity index (χ1) is 13.9. The topological polar surface area (TPSA) is 88.1 Å². The highest BCUT2D eigenvalue weighted by molar-refractivity contribution is 8.03. The molecule has 0 atom stereocenters. The molecule has 0 unspecified atom stereocenters. The Morgan fingerprint density at radius 3 is 2.59 bits per heavy atom. The van der Waals surface area contributed by atoms with Crippen LogP contribution < -0.4 is 25.9 Å². The van der Waals surface area contributed by atoms with Crippen molar-refractivity contribution in [1.82, 2.24) is 9.55 Å². The predicted molar refractivity (Wildman–Crippen MR) is 115 cm³/mol. The Morgan fingerprint density at radius 2 is 1.93 bits per heavy atom. The summed E-state index contributed by atoms with van der Waals surface area (Å²) in [5.41, 5.74) is 1.25. The van der Waals surface area contributed by atoms with E-state index in [0.29, 0.717) is 22.6 Å². The van der Waals surface area contributed by atoms with Crippen molar-refractivity contribution in [3.05, 3.63) is 81.1 Å².